The lowest BCUT2D eigenvalue weighted by Gasteiger charge is -2.14. The van der Waals surface area contributed by atoms with Gasteiger partial charge in [0.1, 0.15) is 6.61 Å². The molecule has 132 valence electrons. The molecule has 0 spiro atoms. The minimum Gasteiger partial charge on any atom is -0.462 e. The van der Waals surface area contributed by atoms with Gasteiger partial charge in [0.25, 0.3) is 0 Å². The van der Waals surface area contributed by atoms with Crippen molar-refractivity contribution in [1.29, 1.82) is 0 Å². The Kier molecular flexibility index (Phi) is 5.22. The number of benzene rings is 1. The zero-order valence-electron chi connectivity index (χ0n) is 14.6. The van der Waals surface area contributed by atoms with Gasteiger partial charge in [-0.1, -0.05) is 18.2 Å². The maximum absolute atomic E-state index is 12.4. The molecule has 26 heavy (non-hydrogen) atoms. The summed E-state index contributed by atoms with van der Waals surface area (Å²) in [6.07, 6.45) is 3.03. The van der Waals surface area contributed by atoms with Gasteiger partial charge in [0.2, 0.25) is 0 Å². The number of hydrogen-bond acceptors (Lipinski definition) is 6. The number of ether oxygens (including phenoxy) is 2. The molecule has 0 bridgehead atoms. The summed E-state index contributed by atoms with van der Waals surface area (Å²) in [7, 11) is 0. The maximum Gasteiger partial charge on any atom is 0.340 e. The molecule has 0 N–H and O–H groups in total. The second-order valence-electron chi connectivity index (χ2n) is 5.61. The fraction of sp³-hybridized carbons (Fsp3) is 0.200. The van der Waals surface area contributed by atoms with Crippen LogP contribution in [0.15, 0.2) is 48.8 Å². The largest absolute Gasteiger partial charge is 0.462 e. The molecule has 0 radical (unpaired) electrons. The van der Waals surface area contributed by atoms with Crippen LogP contribution in [0.3, 0.4) is 0 Å². The summed E-state index contributed by atoms with van der Waals surface area (Å²) in [5.41, 5.74) is 2.59. The van der Waals surface area contributed by atoms with Crippen molar-refractivity contribution in [2.24, 2.45) is 0 Å². The topological polar surface area (TPSA) is 78.4 Å². The quantitative estimate of drug-likeness (QED) is 0.656. The van der Waals surface area contributed by atoms with E-state index in [9.17, 15) is 9.59 Å². The molecule has 1 aromatic carbocycles. The Bertz CT molecular complexity index is 955. The maximum atomic E-state index is 12.4. The van der Waals surface area contributed by atoms with Crippen molar-refractivity contribution in [1.82, 2.24) is 9.97 Å². The molecule has 6 nitrogen and oxygen atoms in total. The van der Waals surface area contributed by atoms with Crippen molar-refractivity contribution in [2.45, 2.75) is 20.5 Å². The van der Waals surface area contributed by atoms with Crippen molar-refractivity contribution in [3.63, 3.8) is 0 Å². The fourth-order valence-corrected chi connectivity index (χ4v) is 2.72. The van der Waals surface area contributed by atoms with Gasteiger partial charge in [0, 0.05) is 17.8 Å². The third kappa shape index (κ3) is 3.54. The van der Waals surface area contributed by atoms with E-state index in [0.29, 0.717) is 16.8 Å². The molecule has 6 heteroatoms. The van der Waals surface area contributed by atoms with Gasteiger partial charge in [-0.05, 0) is 37.6 Å². The third-order valence-corrected chi connectivity index (χ3v) is 3.96. The number of carbonyl (C=O) groups excluding carboxylic acids is 2. The highest BCUT2D eigenvalue weighted by atomic mass is 16.5. The molecule has 3 rings (SSSR count). The molecule has 0 saturated heterocycles. The van der Waals surface area contributed by atoms with Gasteiger partial charge < -0.3 is 9.47 Å². The lowest BCUT2D eigenvalue weighted by Crippen LogP contribution is -2.15. The van der Waals surface area contributed by atoms with E-state index >= 15 is 0 Å². The lowest BCUT2D eigenvalue weighted by molar-refractivity contribution is 0.0444. The SMILES string of the molecule is CCOC(=O)c1c(COC(=O)c2ccncc2)nc2ccccc2c1C. The van der Waals surface area contributed by atoms with E-state index in [1.165, 1.54) is 12.4 Å². The number of aryl methyl sites for hydroxylation is 1. The average Bonchev–Trinajstić information content (AvgIpc) is 2.67. The number of aromatic nitrogens is 2. The van der Waals surface area contributed by atoms with E-state index in [-0.39, 0.29) is 13.2 Å². The summed E-state index contributed by atoms with van der Waals surface area (Å²) >= 11 is 0. The van der Waals surface area contributed by atoms with Crippen LogP contribution in [0.5, 0.6) is 0 Å². The Morgan fingerprint density at radius 1 is 1.00 bits per heavy atom. The molecule has 3 aromatic rings. The van der Waals surface area contributed by atoms with Crippen LogP contribution in [-0.2, 0) is 16.1 Å². The van der Waals surface area contributed by atoms with Crippen molar-refractivity contribution in [3.05, 3.63) is 71.2 Å². The zero-order chi connectivity index (χ0) is 18.5. The molecular formula is C20H18N2O4. The second-order valence-corrected chi connectivity index (χ2v) is 5.61. The van der Waals surface area contributed by atoms with E-state index in [4.69, 9.17) is 9.47 Å². The number of para-hydroxylation sites is 1. The zero-order valence-corrected chi connectivity index (χ0v) is 14.6. The minimum absolute atomic E-state index is 0.124. The Balaban J connectivity index is 1.96. The van der Waals surface area contributed by atoms with Gasteiger partial charge in [-0.2, -0.15) is 0 Å². The molecule has 0 unspecified atom stereocenters. The fourth-order valence-electron chi connectivity index (χ4n) is 2.72. The van der Waals surface area contributed by atoms with Crippen LogP contribution in [0.1, 0.15) is 38.9 Å². The standard InChI is InChI=1S/C20H18N2O4/c1-3-25-20(24)18-13(2)15-6-4-5-7-16(15)22-17(18)12-26-19(23)14-8-10-21-11-9-14/h4-11H,3,12H2,1-2H3. The van der Waals surface area contributed by atoms with Crippen molar-refractivity contribution < 1.29 is 19.1 Å². The highest BCUT2D eigenvalue weighted by Crippen LogP contribution is 2.24. The Morgan fingerprint density at radius 3 is 2.46 bits per heavy atom. The van der Waals surface area contributed by atoms with Crippen molar-refractivity contribution in [2.75, 3.05) is 6.61 Å². The van der Waals surface area contributed by atoms with E-state index in [1.807, 2.05) is 31.2 Å². The summed E-state index contributed by atoms with van der Waals surface area (Å²) in [6.45, 7) is 3.71. The Labute approximate surface area is 150 Å². The van der Waals surface area contributed by atoms with Gasteiger partial charge >= 0.3 is 11.9 Å². The molecule has 0 saturated carbocycles. The number of pyridine rings is 2. The van der Waals surface area contributed by atoms with Crippen LogP contribution in [0.2, 0.25) is 0 Å². The molecule has 0 atom stereocenters. The number of nitrogens with zero attached hydrogens (tertiary/aromatic N) is 2. The van der Waals surface area contributed by atoms with Crippen LogP contribution in [-0.4, -0.2) is 28.5 Å². The normalized spacial score (nSPS) is 10.5. The number of esters is 2. The molecule has 2 heterocycles. The molecular weight excluding hydrogens is 332 g/mol. The molecule has 2 aromatic heterocycles. The first-order chi connectivity index (χ1) is 12.6. The Morgan fingerprint density at radius 2 is 1.73 bits per heavy atom. The molecule has 0 fully saturated rings. The van der Waals surface area contributed by atoms with Crippen LogP contribution in [0.25, 0.3) is 10.9 Å². The first kappa shape index (κ1) is 17.5. The van der Waals surface area contributed by atoms with E-state index < -0.39 is 11.9 Å². The monoisotopic (exact) mass is 350 g/mol. The minimum atomic E-state index is -0.505. The lowest BCUT2D eigenvalue weighted by atomic mass is 10.0. The Hall–Kier alpha value is -3.28. The first-order valence-electron chi connectivity index (χ1n) is 8.24. The van der Waals surface area contributed by atoms with Gasteiger partial charge in [-0.25, -0.2) is 14.6 Å². The average molecular weight is 350 g/mol. The summed E-state index contributed by atoms with van der Waals surface area (Å²) in [5.74, 6) is -0.979. The first-order valence-corrected chi connectivity index (χ1v) is 8.24. The molecule has 0 aliphatic rings. The van der Waals surface area contributed by atoms with Gasteiger partial charge in [0.05, 0.1) is 28.9 Å². The van der Waals surface area contributed by atoms with Crippen LogP contribution >= 0.6 is 0 Å². The number of carbonyl (C=O) groups is 2. The smallest absolute Gasteiger partial charge is 0.340 e. The highest BCUT2D eigenvalue weighted by Gasteiger charge is 2.21. The third-order valence-electron chi connectivity index (χ3n) is 3.96. The van der Waals surface area contributed by atoms with Gasteiger partial charge in [-0.15, -0.1) is 0 Å². The predicted molar refractivity (Wildman–Crippen MR) is 95.8 cm³/mol. The number of fused-ring (bicyclic) bond motifs is 1. The second kappa shape index (κ2) is 7.74. The van der Waals surface area contributed by atoms with Crippen LogP contribution in [0, 0.1) is 6.92 Å². The number of rotatable bonds is 5. The van der Waals surface area contributed by atoms with Gasteiger partial charge in [-0.3, -0.25) is 4.98 Å². The molecule has 0 aliphatic heterocycles. The summed E-state index contributed by atoms with van der Waals surface area (Å²) < 4.78 is 10.5. The predicted octanol–water partition coefficient (Wildman–Crippen LogP) is 3.47. The molecule has 0 amide bonds. The van der Waals surface area contributed by atoms with E-state index in [1.54, 1.807) is 19.1 Å². The van der Waals surface area contributed by atoms with Crippen LogP contribution in [0.4, 0.5) is 0 Å². The van der Waals surface area contributed by atoms with E-state index in [0.717, 1.165) is 16.5 Å². The number of hydrogen-bond donors (Lipinski definition) is 0. The summed E-state index contributed by atoms with van der Waals surface area (Å²) in [4.78, 5) is 33.0. The van der Waals surface area contributed by atoms with Crippen molar-refractivity contribution >= 4 is 22.8 Å². The van der Waals surface area contributed by atoms with Gasteiger partial charge in [0.15, 0.2) is 0 Å². The summed E-state index contributed by atoms with van der Waals surface area (Å²) in [6, 6.07) is 10.6. The summed E-state index contributed by atoms with van der Waals surface area (Å²) in [5, 5.41) is 0.861. The van der Waals surface area contributed by atoms with E-state index in [2.05, 4.69) is 9.97 Å². The highest BCUT2D eigenvalue weighted by molar-refractivity contribution is 5.98. The van der Waals surface area contributed by atoms with Crippen molar-refractivity contribution in [3.8, 4) is 0 Å². The van der Waals surface area contributed by atoms with Crippen LogP contribution < -0.4 is 0 Å². The molecule has 0 aliphatic carbocycles.